The predicted octanol–water partition coefficient (Wildman–Crippen LogP) is 5.98. The quantitative estimate of drug-likeness (QED) is 0.411. The summed E-state index contributed by atoms with van der Waals surface area (Å²) in [6.45, 7) is 1.11. The van der Waals surface area contributed by atoms with Gasteiger partial charge < -0.3 is 15.4 Å². The van der Waals surface area contributed by atoms with Crippen LogP contribution in [0, 0.1) is 6.92 Å². The lowest BCUT2D eigenvalue weighted by atomic mass is 10.2. The molecule has 172 valence electrons. The van der Waals surface area contributed by atoms with Crippen LogP contribution in [0.15, 0.2) is 34.8 Å². The minimum absolute atomic E-state index is 0.0889. The van der Waals surface area contributed by atoms with Crippen LogP contribution in [0.5, 0.6) is 0 Å². The van der Waals surface area contributed by atoms with Gasteiger partial charge in [-0.1, -0.05) is 23.2 Å². The Hall–Kier alpha value is -2.30. The fourth-order valence-electron chi connectivity index (χ4n) is 2.42. The summed E-state index contributed by atoms with van der Waals surface area (Å²) >= 11 is 15.1. The summed E-state index contributed by atoms with van der Waals surface area (Å²) in [5.41, 5.74) is -0.157. The second-order valence-corrected chi connectivity index (χ2v) is 8.12. The predicted molar refractivity (Wildman–Crippen MR) is 118 cm³/mol. The fraction of sp³-hybridized carbons (Fsp3) is 0.250. The van der Waals surface area contributed by atoms with Gasteiger partial charge in [0.15, 0.2) is 6.61 Å². The van der Waals surface area contributed by atoms with Crippen molar-refractivity contribution in [2.45, 2.75) is 25.9 Å². The molecule has 0 radical (unpaired) electrons. The first-order chi connectivity index (χ1) is 14.9. The highest BCUT2D eigenvalue weighted by molar-refractivity contribution is 9.10. The Bertz CT molecular complexity index is 1050. The summed E-state index contributed by atoms with van der Waals surface area (Å²) in [5.74, 6) is -2.19. The fourth-order valence-corrected chi connectivity index (χ4v) is 3.18. The topological polar surface area (TPSA) is 84.5 Å². The number of hydrogen-bond donors (Lipinski definition) is 2. The molecule has 2 N–H and O–H groups in total. The average Bonchev–Trinajstić information content (AvgIpc) is 2.72. The van der Waals surface area contributed by atoms with Crippen molar-refractivity contribution in [1.82, 2.24) is 0 Å². The highest BCUT2D eigenvalue weighted by Gasteiger charge is 2.31. The number of esters is 1. The van der Waals surface area contributed by atoms with Crippen LogP contribution in [0.1, 0.15) is 24.0 Å². The van der Waals surface area contributed by atoms with Gasteiger partial charge >= 0.3 is 12.1 Å². The maximum absolute atomic E-state index is 12.8. The largest absolute Gasteiger partial charge is 0.456 e. The van der Waals surface area contributed by atoms with E-state index in [1.54, 1.807) is 19.1 Å². The molecular formula is C20H16BrCl2F3N2O4. The third kappa shape index (κ3) is 7.39. The lowest BCUT2D eigenvalue weighted by Crippen LogP contribution is -2.22. The SMILES string of the molecule is Cc1c(NC(=O)COC(=O)CCC(=O)Nc2cc(C(F)(F)F)ccc2Cl)ccc(Br)c1Cl. The lowest BCUT2D eigenvalue weighted by Gasteiger charge is -2.12. The molecule has 0 aliphatic rings. The van der Waals surface area contributed by atoms with Gasteiger partial charge in [-0.2, -0.15) is 13.2 Å². The molecule has 0 unspecified atom stereocenters. The standard InChI is InChI=1S/C20H16BrCl2F3N2O4/c1-10-14(5-3-12(21)19(10)23)27-17(30)9-32-18(31)7-6-16(29)28-15-8-11(20(24,25)26)2-4-13(15)22/h2-5,8H,6-7,9H2,1H3,(H,27,30)(H,28,29). The van der Waals surface area contributed by atoms with E-state index in [9.17, 15) is 27.6 Å². The van der Waals surface area contributed by atoms with Crippen LogP contribution in [-0.4, -0.2) is 24.4 Å². The van der Waals surface area contributed by atoms with E-state index in [0.717, 1.165) is 12.1 Å². The summed E-state index contributed by atoms with van der Waals surface area (Å²) in [6.07, 6.45) is -5.37. The molecule has 0 atom stereocenters. The molecule has 0 fully saturated rings. The Balaban J connectivity index is 1.81. The minimum Gasteiger partial charge on any atom is -0.456 e. The number of benzene rings is 2. The molecule has 6 nitrogen and oxygen atoms in total. The number of anilines is 2. The molecule has 2 aromatic rings. The molecule has 0 bridgehead atoms. The number of ether oxygens (including phenoxy) is 1. The summed E-state index contributed by atoms with van der Waals surface area (Å²) in [7, 11) is 0. The van der Waals surface area contributed by atoms with E-state index in [2.05, 4.69) is 26.6 Å². The second-order valence-electron chi connectivity index (χ2n) is 6.48. The van der Waals surface area contributed by atoms with Gasteiger partial charge in [0.1, 0.15) is 0 Å². The number of rotatable bonds is 7. The smallest absolute Gasteiger partial charge is 0.416 e. The van der Waals surface area contributed by atoms with Crippen molar-refractivity contribution in [3.8, 4) is 0 Å². The summed E-state index contributed by atoms with van der Waals surface area (Å²) in [5, 5.41) is 5.10. The molecule has 32 heavy (non-hydrogen) atoms. The van der Waals surface area contributed by atoms with Crippen LogP contribution in [0.2, 0.25) is 10.0 Å². The molecule has 0 aliphatic carbocycles. The molecule has 0 aliphatic heterocycles. The Morgan fingerprint density at radius 3 is 2.31 bits per heavy atom. The number of amides is 2. The van der Waals surface area contributed by atoms with Crippen molar-refractivity contribution in [2.24, 2.45) is 0 Å². The van der Waals surface area contributed by atoms with Gasteiger partial charge in [0.05, 0.1) is 27.7 Å². The van der Waals surface area contributed by atoms with E-state index in [4.69, 9.17) is 27.9 Å². The van der Waals surface area contributed by atoms with Gasteiger partial charge in [0.2, 0.25) is 5.91 Å². The number of hydrogen-bond acceptors (Lipinski definition) is 4. The van der Waals surface area contributed by atoms with E-state index in [-0.39, 0.29) is 17.1 Å². The Kier molecular flexibility index (Phi) is 8.94. The Morgan fingerprint density at radius 1 is 1.00 bits per heavy atom. The summed E-state index contributed by atoms with van der Waals surface area (Å²) < 4.78 is 43.8. The van der Waals surface area contributed by atoms with Gasteiger partial charge in [-0.25, -0.2) is 0 Å². The second kappa shape index (κ2) is 11.0. The van der Waals surface area contributed by atoms with Crippen molar-refractivity contribution >= 4 is 68.3 Å². The molecule has 0 spiro atoms. The number of carbonyl (C=O) groups is 3. The van der Waals surface area contributed by atoms with Gasteiger partial charge in [0.25, 0.3) is 5.91 Å². The van der Waals surface area contributed by atoms with Gasteiger partial charge in [-0.3, -0.25) is 14.4 Å². The molecule has 0 heterocycles. The van der Waals surface area contributed by atoms with E-state index in [1.165, 1.54) is 0 Å². The van der Waals surface area contributed by atoms with Gasteiger partial charge in [-0.15, -0.1) is 0 Å². The first-order valence-electron chi connectivity index (χ1n) is 8.95. The normalized spacial score (nSPS) is 11.1. The van der Waals surface area contributed by atoms with Gasteiger partial charge in [-0.05, 0) is 58.7 Å². The van der Waals surface area contributed by atoms with E-state index >= 15 is 0 Å². The molecule has 2 rings (SSSR count). The Morgan fingerprint density at radius 2 is 1.66 bits per heavy atom. The van der Waals surface area contributed by atoms with Crippen LogP contribution >= 0.6 is 39.1 Å². The van der Waals surface area contributed by atoms with Crippen LogP contribution in [-0.2, 0) is 25.3 Å². The number of alkyl halides is 3. The Labute approximate surface area is 199 Å². The number of halogens is 6. The van der Waals surface area contributed by atoms with Crippen molar-refractivity contribution < 1.29 is 32.3 Å². The monoisotopic (exact) mass is 554 g/mol. The molecule has 2 amide bonds. The van der Waals surface area contributed by atoms with E-state index in [1.807, 2.05) is 0 Å². The highest BCUT2D eigenvalue weighted by Crippen LogP contribution is 2.34. The maximum atomic E-state index is 12.8. The van der Waals surface area contributed by atoms with Crippen molar-refractivity contribution in [3.63, 3.8) is 0 Å². The molecule has 0 saturated carbocycles. The van der Waals surface area contributed by atoms with Crippen molar-refractivity contribution in [3.05, 3.63) is 56.0 Å². The van der Waals surface area contributed by atoms with Gasteiger partial charge in [0, 0.05) is 16.6 Å². The zero-order chi connectivity index (χ0) is 24.1. The molecular weight excluding hydrogens is 540 g/mol. The van der Waals surface area contributed by atoms with E-state index < -0.39 is 42.6 Å². The number of carbonyl (C=O) groups excluding carboxylic acids is 3. The first-order valence-corrected chi connectivity index (χ1v) is 10.5. The lowest BCUT2D eigenvalue weighted by molar-refractivity contribution is -0.147. The highest BCUT2D eigenvalue weighted by atomic mass is 79.9. The third-order valence-corrected chi connectivity index (χ3v) is 5.81. The summed E-state index contributed by atoms with van der Waals surface area (Å²) in [4.78, 5) is 35.7. The third-order valence-electron chi connectivity index (χ3n) is 4.10. The molecule has 12 heteroatoms. The zero-order valence-corrected chi connectivity index (χ0v) is 19.5. The van der Waals surface area contributed by atoms with Crippen LogP contribution < -0.4 is 10.6 Å². The molecule has 2 aromatic carbocycles. The van der Waals surface area contributed by atoms with Crippen molar-refractivity contribution in [1.29, 1.82) is 0 Å². The zero-order valence-electron chi connectivity index (χ0n) is 16.4. The van der Waals surface area contributed by atoms with Crippen molar-refractivity contribution in [2.75, 3.05) is 17.2 Å². The minimum atomic E-state index is -4.60. The maximum Gasteiger partial charge on any atom is 0.416 e. The van der Waals surface area contributed by atoms with Crippen LogP contribution in [0.4, 0.5) is 24.5 Å². The van der Waals surface area contributed by atoms with Crippen LogP contribution in [0.3, 0.4) is 0 Å². The molecule has 0 saturated heterocycles. The summed E-state index contributed by atoms with van der Waals surface area (Å²) in [6, 6.07) is 5.75. The first kappa shape index (κ1) is 26.0. The molecule has 0 aromatic heterocycles. The van der Waals surface area contributed by atoms with Crippen LogP contribution in [0.25, 0.3) is 0 Å². The number of nitrogens with one attached hydrogen (secondary N) is 2. The van der Waals surface area contributed by atoms with E-state index in [0.29, 0.717) is 26.8 Å². The average molecular weight is 556 g/mol.